The van der Waals surface area contributed by atoms with Crippen molar-refractivity contribution in [2.45, 2.75) is 77.2 Å². The summed E-state index contributed by atoms with van der Waals surface area (Å²) in [6.45, 7) is 8.16. The topological polar surface area (TPSA) is 75.2 Å². The van der Waals surface area contributed by atoms with Gasteiger partial charge in [-0.25, -0.2) is 0 Å². The molecular formula is C25H41IN4O3. The molecule has 0 saturated carbocycles. The van der Waals surface area contributed by atoms with Gasteiger partial charge in [-0.05, 0) is 63.1 Å². The fourth-order valence-electron chi connectivity index (χ4n) is 4.16. The van der Waals surface area contributed by atoms with Crippen LogP contribution in [0.25, 0.3) is 0 Å². The first-order chi connectivity index (χ1) is 15.6. The molecule has 2 aliphatic heterocycles. The monoisotopic (exact) mass is 572 g/mol. The van der Waals surface area contributed by atoms with Crippen LogP contribution in [0.1, 0.15) is 68.3 Å². The minimum Gasteiger partial charge on any atom is -0.376 e. The van der Waals surface area contributed by atoms with Crippen LogP contribution in [-0.2, 0) is 16.0 Å². The fraction of sp³-hybridized carbons (Fsp3) is 0.680. The van der Waals surface area contributed by atoms with Crippen molar-refractivity contribution in [3.05, 3.63) is 35.4 Å². The first-order valence-corrected chi connectivity index (χ1v) is 12.2. The van der Waals surface area contributed by atoms with E-state index in [9.17, 15) is 4.79 Å². The van der Waals surface area contributed by atoms with Crippen molar-refractivity contribution in [2.75, 3.05) is 33.4 Å². The van der Waals surface area contributed by atoms with E-state index in [-0.39, 0.29) is 42.0 Å². The first kappa shape index (κ1) is 27.9. The summed E-state index contributed by atoms with van der Waals surface area (Å²) in [4.78, 5) is 19.2. The lowest BCUT2D eigenvalue weighted by atomic mass is 10.1. The minimum atomic E-state index is -0.0220. The molecule has 0 radical (unpaired) electrons. The molecule has 2 saturated heterocycles. The van der Waals surface area contributed by atoms with Gasteiger partial charge in [-0.3, -0.25) is 9.79 Å². The average molecular weight is 573 g/mol. The van der Waals surface area contributed by atoms with Gasteiger partial charge >= 0.3 is 0 Å². The zero-order valence-electron chi connectivity index (χ0n) is 20.3. The summed E-state index contributed by atoms with van der Waals surface area (Å²) < 4.78 is 11.9. The second-order valence-corrected chi connectivity index (χ2v) is 8.89. The van der Waals surface area contributed by atoms with E-state index in [4.69, 9.17) is 9.47 Å². The van der Waals surface area contributed by atoms with Crippen molar-refractivity contribution in [3.63, 3.8) is 0 Å². The van der Waals surface area contributed by atoms with Gasteiger partial charge in [0.2, 0.25) is 0 Å². The van der Waals surface area contributed by atoms with Crippen LogP contribution in [0.5, 0.6) is 0 Å². The molecule has 0 bridgehead atoms. The highest BCUT2D eigenvalue weighted by Gasteiger charge is 2.23. The maximum Gasteiger partial charge on any atom is 0.251 e. The Balaban J connectivity index is 0.00000385. The number of carbonyl (C=O) groups excluding carboxylic acids is 1. The molecule has 1 aromatic carbocycles. The van der Waals surface area contributed by atoms with Crippen molar-refractivity contribution in [3.8, 4) is 0 Å². The third-order valence-electron chi connectivity index (χ3n) is 6.37. The molecule has 8 heteroatoms. The number of carbonyl (C=O) groups is 1. The second-order valence-electron chi connectivity index (χ2n) is 8.89. The van der Waals surface area contributed by atoms with E-state index < -0.39 is 0 Å². The van der Waals surface area contributed by atoms with E-state index in [0.717, 1.165) is 63.5 Å². The van der Waals surface area contributed by atoms with Crippen molar-refractivity contribution in [1.29, 1.82) is 0 Å². The van der Waals surface area contributed by atoms with Gasteiger partial charge in [-0.1, -0.05) is 19.1 Å². The summed E-state index contributed by atoms with van der Waals surface area (Å²) in [5.74, 6) is 0.875. The van der Waals surface area contributed by atoms with Crippen molar-refractivity contribution in [1.82, 2.24) is 15.5 Å². The smallest absolute Gasteiger partial charge is 0.251 e. The largest absolute Gasteiger partial charge is 0.376 e. The number of ether oxygens (including phenoxy) is 2. The van der Waals surface area contributed by atoms with Gasteiger partial charge in [0.15, 0.2) is 5.96 Å². The number of halogens is 1. The van der Waals surface area contributed by atoms with E-state index >= 15 is 0 Å². The van der Waals surface area contributed by atoms with E-state index in [0.29, 0.717) is 18.2 Å². The summed E-state index contributed by atoms with van der Waals surface area (Å²) in [6.07, 6.45) is 7.04. The molecule has 2 heterocycles. The number of guanidine groups is 1. The molecule has 2 fully saturated rings. The molecule has 0 aromatic heterocycles. The molecule has 2 unspecified atom stereocenters. The van der Waals surface area contributed by atoms with Gasteiger partial charge in [0, 0.05) is 44.9 Å². The molecule has 33 heavy (non-hydrogen) atoms. The number of hydrogen-bond donors (Lipinski definition) is 2. The van der Waals surface area contributed by atoms with Crippen LogP contribution in [0.3, 0.4) is 0 Å². The summed E-state index contributed by atoms with van der Waals surface area (Å²) in [5.41, 5.74) is 1.76. The molecular weight excluding hydrogens is 531 g/mol. The third kappa shape index (κ3) is 9.05. The average Bonchev–Trinajstić information content (AvgIpc) is 2.84. The van der Waals surface area contributed by atoms with E-state index in [1.54, 1.807) is 0 Å². The van der Waals surface area contributed by atoms with Gasteiger partial charge < -0.3 is 25.0 Å². The number of rotatable bonds is 8. The quantitative estimate of drug-likeness (QED) is 0.280. The standard InChI is InChI=1S/C25H40N4O3.HI/c1-4-19(2)28-24(30)21-9-7-8-20(16-21)17-27-25(26-3)29-13-11-22(12-14-29)32-18-23-10-5-6-15-31-23;/h7-9,16,19,22-23H,4-6,10-15,17-18H2,1-3H3,(H,26,27)(H,28,30);1H. The Morgan fingerprint density at radius 3 is 2.73 bits per heavy atom. The number of likely N-dealkylation sites (tertiary alicyclic amines) is 1. The van der Waals surface area contributed by atoms with Crippen LogP contribution in [0.15, 0.2) is 29.3 Å². The predicted octanol–water partition coefficient (Wildman–Crippen LogP) is 3.96. The zero-order valence-corrected chi connectivity index (χ0v) is 22.7. The molecule has 7 nitrogen and oxygen atoms in total. The van der Waals surface area contributed by atoms with Gasteiger partial charge in [0.05, 0.1) is 18.8 Å². The van der Waals surface area contributed by atoms with Gasteiger partial charge in [-0.15, -0.1) is 24.0 Å². The fourth-order valence-corrected chi connectivity index (χ4v) is 4.16. The van der Waals surface area contributed by atoms with Gasteiger partial charge in [-0.2, -0.15) is 0 Å². The maximum atomic E-state index is 12.4. The molecule has 0 aliphatic carbocycles. The second kappa shape index (κ2) is 14.8. The normalized spacial score (nSPS) is 20.6. The highest BCUT2D eigenvalue weighted by atomic mass is 127. The molecule has 3 rings (SSSR count). The molecule has 2 aliphatic rings. The van der Waals surface area contributed by atoms with Gasteiger partial charge in [0.1, 0.15) is 0 Å². The van der Waals surface area contributed by atoms with Crippen LogP contribution in [0, 0.1) is 0 Å². The van der Waals surface area contributed by atoms with Crippen LogP contribution in [0.2, 0.25) is 0 Å². The minimum absolute atomic E-state index is 0. The van der Waals surface area contributed by atoms with Crippen molar-refractivity contribution >= 4 is 35.8 Å². The lowest BCUT2D eigenvalue weighted by Gasteiger charge is -2.35. The summed E-state index contributed by atoms with van der Waals surface area (Å²) in [6, 6.07) is 7.95. The van der Waals surface area contributed by atoms with Crippen LogP contribution < -0.4 is 10.6 Å². The van der Waals surface area contributed by atoms with E-state index in [1.807, 2.05) is 38.2 Å². The SMILES string of the molecule is CCC(C)NC(=O)c1cccc(CNC(=NC)N2CCC(OCC3CCCCO3)CC2)c1.I. The van der Waals surface area contributed by atoms with Crippen LogP contribution >= 0.6 is 24.0 Å². The van der Waals surface area contributed by atoms with Crippen molar-refractivity contribution < 1.29 is 14.3 Å². The zero-order chi connectivity index (χ0) is 22.8. The van der Waals surface area contributed by atoms with Crippen LogP contribution in [-0.4, -0.2) is 68.4 Å². The molecule has 1 aromatic rings. The lowest BCUT2D eigenvalue weighted by Crippen LogP contribution is -2.47. The molecule has 186 valence electrons. The Kier molecular flexibility index (Phi) is 12.5. The number of hydrogen-bond acceptors (Lipinski definition) is 4. The number of piperidine rings is 1. The highest BCUT2D eigenvalue weighted by molar-refractivity contribution is 14.0. The summed E-state index contributed by atoms with van der Waals surface area (Å²) in [5, 5.41) is 6.48. The Morgan fingerprint density at radius 2 is 2.06 bits per heavy atom. The lowest BCUT2D eigenvalue weighted by molar-refractivity contribution is -0.0721. The Morgan fingerprint density at radius 1 is 1.27 bits per heavy atom. The third-order valence-corrected chi connectivity index (χ3v) is 6.37. The molecule has 1 amide bonds. The van der Waals surface area contributed by atoms with E-state index in [2.05, 4.69) is 27.4 Å². The first-order valence-electron chi connectivity index (χ1n) is 12.2. The van der Waals surface area contributed by atoms with Crippen LogP contribution in [0.4, 0.5) is 0 Å². The van der Waals surface area contributed by atoms with Gasteiger partial charge in [0.25, 0.3) is 5.91 Å². The predicted molar refractivity (Wildman–Crippen MR) is 143 cm³/mol. The molecule has 2 N–H and O–H groups in total. The number of nitrogens with zero attached hydrogens (tertiary/aromatic N) is 2. The Hall–Kier alpha value is -1.39. The number of aliphatic imine (C=N–C) groups is 1. The van der Waals surface area contributed by atoms with Crippen molar-refractivity contribution in [2.24, 2.45) is 4.99 Å². The number of benzene rings is 1. The summed E-state index contributed by atoms with van der Waals surface area (Å²) >= 11 is 0. The van der Waals surface area contributed by atoms with E-state index in [1.165, 1.54) is 12.8 Å². The Bertz CT molecular complexity index is 747. The molecule has 0 spiro atoms. The number of nitrogens with one attached hydrogen (secondary N) is 2. The maximum absolute atomic E-state index is 12.4. The number of amides is 1. The Labute approximate surface area is 216 Å². The summed E-state index contributed by atoms with van der Waals surface area (Å²) in [7, 11) is 1.82. The highest BCUT2D eigenvalue weighted by Crippen LogP contribution is 2.18. The molecule has 2 atom stereocenters.